The summed E-state index contributed by atoms with van der Waals surface area (Å²) >= 11 is 1.48. The third-order valence-electron chi connectivity index (χ3n) is 3.96. The highest BCUT2D eigenvalue weighted by Gasteiger charge is 2.12. The molecule has 120 valence electrons. The largest absolute Gasteiger partial charge is 0.493 e. The maximum Gasteiger partial charge on any atom is 0.231 e. The molecular weight excluding hydrogens is 320 g/mol. The van der Waals surface area contributed by atoms with Gasteiger partial charge in [0, 0.05) is 5.39 Å². The van der Waals surface area contributed by atoms with E-state index in [1.54, 1.807) is 0 Å². The minimum atomic E-state index is 0.0239. The molecule has 0 atom stereocenters. The van der Waals surface area contributed by atoms with Gasteiger partial charge >= 0.3 is 0 Å². The number of rotatable bonds is 3. The van der Waals surface area contributed by atoms with Crippen LogP contribution in [0.15, 0.2) is 52.7 Å². The molecule has 0 saturated carbocycles. The lowest BCUT2D eigenvalue weighted by atomic mass is 10.0. The molecule has 0 aliphatic heterocycles. The van der Waals surface area contributed by atoms with Crippen LogP contribution in [0.2, 0.25) is 0 Å². The van der Waals surface area contributed by atoms with Crippen molar-refractivity contribution in [2.75, 3.05) is 0 Å². The third-order valence-corrected chi connectivity index (χ3v) is 4.88. The number of H-pyrrole nitrogens is 1. The molecule has 4 rings (SSSR count). The first-order chi connectivity index (χ1) is 11.6. The van der Waals surface area contributed by atoms with Gasteiger partial charge in [-0.25, -0.2) is 4.98 Å². The Balaban J connectivity index is 1.77. The van der Waals surface area contributed by atoms with E-state index in [1.807, 2.05) is 36.4 Å². The number of fused-ring (bicyclic) bond motifs is 2. The molecule has 0 radical (unpaired) electrons. The quantitative estimate of drug-likeness (QED) is 0.449. The van der Waals surface area contributed by atoms with Crippen LogP contribution in [0.4, 0.5) is 10.8 Å². The molecule has 0 spiro atoms. The molecule has 0 bridgehead atoms. The smallest absolute Gasteiger partial charge is 0.231 e. The molecule has 0 unspecified atom stereocenters. The number of hydrogen-bond donors (Lipinski definition) is 2. The van der Waals surface area contributed by atoms with Crippen molar-refractivity contribution in [1.29, 1.82) is 0 Å². The Hall–Kier alpha value is -2.73. The second-order valence-electron chi connectivity index (χ2n) is 5.95. The molecule has 0 fully saturated rings. The normalized spacial score (nSPS) is 12.1. The number of hydrogen-bond acceptors (Lipinski definition) is 5. The summed E-state index contributed by atoms with van der Waals surface area (Å²) in [6.45, 7) is 4.27. The van der Waals surface area contributed by atoms with E-state index in [2.05, 4.69) is 40.1 Å². The van der Waals surface area contributed by atoms with Crippen LogP contribution in [0.1, 0.15) is 25.3 Å². The van der Waals surface area contributed by atoms with E-state index in [0.29, 0.717) is 16.7 Å². The van der Waals surface area contributed by atoms with E-state index in [1.165, 1.54) is 16.9 Å². The predicted octanol–water partition coefficient (Wildman–Crippen LogP) is 6.02. The van der Waals surface area contributed by atoms with Gasteiger partial charge in [-0.15, -0.1) is 10.2 Å². The Morgan fingerprint density at radius 2 is 1.96 bits per heavy atom. The van der Waals surface area contributed by atoms with Gasteiger partial charge in [0.1, 0.15) is 0 Å². The standard InChI is InChI=1S/C18H16N4OS/c1-10(2)11-7-8-13-12(9-11)16(17(23)19-13)21-22-18-20-14-5-3-4-6-15(14)24-18/h3-10,19,23H,1-2H3. The molecule has 6 heteroatoms. The first-order valence-corrected chi connectivity index (χ1v) is 8.55. The zero-order chi connectivity index (χ0) is 16.7. The fraction of sp³-hybridized carbons (Fsp3) is 0.167. The summed E-state index contributed by atoms with van der Waals surface area (Å²) in [5, 5.41) is 20.1. The molecule has 2 heterocycles. The zero-order valence-electron chi connectivity index (χ0n) is 13.3. The summed E-state index contributed by atoms with van der Waals surface area (Å²) in [6, 6.07) is 13.9. The van der Waals surface area contributed by atoms with Gasteiger partial charge in [0.25, 0.3) is 0 Å². The summed E-state index contributed by atoms with van der Waals surface area (Å²) in [5.41, 5.74) is 3.39. The number of aromatic hydroxyl groups is 1. The number of nitrogens with one attached hydrogen (secondary N) is 1. The average molecular weight is 336 g/mol. The second-order valence-corrected chi connectivity index (χ2v) is 6.96. The highest BCUT2D eigenvalue weighted by molar-refractivity contribution is 7.21. The number of benzene rings is 2. The number of thiazole rings is 1. The molecular formula is C18H16N4OS. The van der Waals surface area contributed by atoms with E-state index in [0.717, 1.165) is 21.1 Å². The van der Waals surface area contributed by atoms with Crippen LogP contribution in [0.5, 0.6) is 5.88 Å². The Labute approximate surface area is 142 Å². The number of nitrogens with zero attached hydrogens (tertiary/aromatic N) is 3. The minimum Gasteiger partial charge on any atom is -0.493 e. The van der Waals surface area contributed by atoms with Crippen molar-refractivity contribution in [3.05, 3.63) is 48.0 Å². The Morgan fingerprint density at radius 3 is 2.75 bits per heavy atom. The lowest BCUT2D eigenvalue weighted by Gasteiger charge is -2.04. The van der Waals surface area contributed by atoms with Crippen molar-refractivity contribution >= 4 is 43.3 Å². The lowest BCUT2D eigenvalue weighted by molar-refractivity contribution is 0.459. The summed E-state index contributed by atoms with van der Waals surface area (Å²) in [7, 11) is 0. The Kier molecular flexibility index (Phi) is 3.54. The summed E-state index contributed by atoms with van der Waals surface area (Å²) in [6.07, 6.45) is 0. The Bertz CT molecular complexity index is 1030. The van der Waals surface area contributed by atoms with Gasteiger partial charge < -0.3 is 10.1 Å². The van der Waals surface area contributed by atoms with Crippen LogP contribution in [0, 0.1) is 0 Å². The molecule has 0 aliphatic carbocycles. The summed E-state index contributed by atoms with van der Waals surface area (Å²) in [5.74, 6) is 0.427. The topological polar surface area (TPSA) is 73.6 Å². The van der Waals surface area contributed by atoms with Gasteiger partial charge in [0.15, 0.2) is 5.69 Å². The van der Waals surface area contributed by atoms with Crippen molar-refractivity contribution in [1.82, 2.24) is 9.97 Å². The molecule has 0 amide bonds. The minimum absolute atomic E-state index is 0.0239. The van der Waals surface area contributed by atoms with Crippen molar-refractivity contribution < 1.29 is 5.11 Å². The van der Waals surface area contributed by atoms with Crippen LogP contribution in [0.25, 0.3) is 21.1 Å². The molecule has 0 saturated heterocycles. The van der Waals surface area contributed by atoms with Gasteiger partial charge in [-0.3, -0.25) is 0 Å². The van der Waals surface area contributed by atoms with Crippen molar-refractivity contribution in [3.8, 4) is 5.88 Å². The maximum absolute atomic E-state index is 10.2. The highest BCUT2D eigenvalue weighted by Crippen LogP contribution is 2.38. The SMILES string of the molecule is CC(C)c1ccc2[nH]c(O)c(N=Nc3nc4ccccc4s3)c2c1. The number of azo groups is 1. The van der Waals surface area contributed by atoms with E-state index < -0.39 is 0 Å². The molecule has 2 N–H and O–H groups in total. The maximum atomic E-state index is 10.2. The van der Waals surface area contributed by atoms with Crippen molar-refractivity contribution in [3.63, 3.8) is 0 Å². The summed E-state index contributed by atoms with van der Waals surface area (Å²) in [4.78, 5) is 7.37. The first-order valence-electron chi connectivity index (χ1n) is 7.74. The molecule has 5 nitrogen and oxygen atoms in total. The van der Waals surface area contributed by atoms with Gasteiger partial charge in [0.05, 0.1) is 15.7 Å². The van der Waals surface area contributed by atoms with Gasteiger partial charge in [-0.05, 0) is 35.7 Å². The lowest BCUT2D eigenvalue weighted by Crippen LogP contribution is -1.85. The van der Waals surface area contributed by atoms with Gasteiger partial charge in [-0.2, -0.15) is 0 Å². The highest BCUT2D eigenvalue weighted by atomic mass is 32.1. The number of aromatic amines is 1. The third kappa shape index (κ3) is 2.55. The Morgan fingerprint density at radius 1 is 1.12 bits per heavy atom. The van der Waals surface area contributed by atoms with Crippen LogP contribution in [-0.2, 0) is 0 Å². The van der Waals surface area contributed by atoms with Crippen molar-refractivity contribution in [2.45, 2.75) is 19.8 Å². The fourth-order valence-corrected chi connectivity index (χ4v) is 3.42. The van der Waals surface area contributed by atoms with Crippen LogP contribution >= 0.6 is 11.3 Å². The monoisotopic (exact) mass is 336 g/mol. The van der Waals surface area contributed by atoms with Crippen molar-refractivity contribution in [2.24, 2.45) is 10.2 Å². The van der Waals surface area contributed by atoms with E-state index in [4.69, 9.17) is 0 Å². The summed E-state index contributed by atoms with van der Waals surface area (Å²) < 4.78 is 1.07. The molecule has 0 aliphatic rings. The van der Waals surface area contributed by atoms with E-state index >= 15 is 0 Å². The van der Waals surface area contributed by atoms with Crippen LogP contribution in [-0.4, -0.2) is 15.1 Å². The van der Waals surface area contributed by atoms with E-state index in [9.17, 15) is 5.11 Å². The molecule has 2 aromatic heterocycles. The van der Waals surface area contributed by atoms with Gasteiger partial charge in [-0.1, -0.05) is 43.4 Å². The predicted molar refractivity (Wildman–Crippen MR) is 97.8 cm³/mol. The fourth-order valence-electron chi connectivity index (χ4n) is 2.64. The van der Waals surface area contributed by atoms with E-state index in [-0.39, 0.29) is 5.88 Å². The zero-order valence-corrected chi connectivity index (χ0v) is 14.1. The molecule has 2 aromatic carbocycles. The number of aromatic nitrogens is 2. The average Bonchev–Trinajstić information content (AvgIpc) is 3.11. The second kappa shape index (κ2) is 5.72. The van der Waals surface area contributed by atoms with Gasteiger partial charge in [0.2, 0.25) is 11.0 Å². The van der Waals surface area contributed by atoms with Crippen LogP contribution in [0.3, 0.4) is 0 Å². The number of para-hydroxylation sites is 1. The van der Waals surface area contributed by atoms with Crippen LogP contribution < -0.4 is 0 Å². The first kappa shape index (κ1) is 14.8. The molecule has 24 heavy (non-hydrogen) atoms. The molecule has 4 aromatic rings.